The van der Waals surface area contributed by atoms with E-state index >= 15 is 0 Å². The van der Waals surface area contributed by atoms with Gasteiger partial charge in [0.25, 0.3) is 5.56 Å². The van der Waals surface area contributed by atoms with Crippen molar-refractivity contribution in [3.63, 3.8) is 0 Å². The van der Waals surface area contributed by atoms with Gasteiger partial charge in [0.1, 0.15) is 12.2 Å². The summed E-state index contributed by atoms with van der Waals surface area (Å²) in [6, 6.07) is 1.10. The van der Waals surface area contributed by atoms with Crippen molar-refractivity contribution in [1.29, 1.82) is 0 Å². The maximum absolute atomic E-state index is 11.9. The lowest BCUT2D eigenvalue weighted by Crippen LogP contribution is -2.37. The van der Waals surface area contributed by atoms with Crippen LogP contribution in [0.1, 0.15) is 31.9 Å². The third-order valence-electron chi connectivity index (χ3n) is 4.68. The second kappa shape index (κ2) is 9.62. The van der Waals surface area contributed by atoms with Crippen LogP contribution in [-0.4, -0.2) is 64.2 Å². The van der Waals surface area contributed by atoms with Gasteiger partial charge < -0.3 is 24.4 Å². The largest absolute Gasteiger partial charge is 0.469 e. The number of esters is 2. The van der Waals surface area contributed by atoms with Crippen LogP contribution in [0.5, 0.6) is 0 Å². The fourth-order valence-corrected chi connectivity index (χ4v) is 3.15. The zero-order chi connectivity index (χ0) is 20.8. The predicted octanol–water partition coefficient (Wildman–Crippen LogP) is -1.32. The molecule has 0 amide bonds. The first-order valence-corrected chi connectivity index (χ1v) is 8.76. The summed E-state index contributed by atoms with van der Waals surface area (Å²) in [5.74, 6) is -1.78. The van der Waals surface area contributed by atoms with Gasteiger partial charge in [0, 0.05) is 12.3 Å². The number of methoxy groups -OCH3 is 2. The summed E-state index contributed by atoms with van der Waals surface area (Å²) in [4.78, 5) is 48.3. The quantitative estimate of drug-likeness (QED) is 0.450. The third-order valence-corrected chi connectivity index (χ3v) is 4.68. The van der Waals surface area contributed by atoms with Crippen LogP contribution < -0.4 is 11.2 Å². The highest BCUT2D eigenvalue weighted by Crippen LogP contribution is 2.31. The zero-order valence-corrected chi connectivity index (χ0v) is 15.6. The molecule has 0 spiro atoms. The van der Waals surface area contributed by atoms with Crippen LogP contribution in [0, 0.1) is 5.92 Å². The van der Waals surface area contributed by atoms with E-state index in [2.05, 4.69) is 14.5 Å². The Balaban J connectivity index is 1.98. The molecule has 2 heterocycles. The number of nitrogens with zero attached hydrogens (tertiary/aromatic N) is 1. The van der Waals surface area contributed by atoms with Gasteiger partial charge in [0.05, 0.1) is 32.7 Å². The Kier molecular flexibility index (Phi) is 7.49. The van der Waals surface area contributed by atoms with Crippen molar-refractivity contribution in [2.75, 3.05) is 14.2 Å². The zero-order valence-electron chi connectivity index (χ0n) is 15.6. The first-order chi connectivity index (χ1) is 13.3. The fraction of sp³-hybridized carbons (Fsp3) is 0.647. The molecule has 0 radical (unpaired) electrons. The van der Waals surface area contributed by atoms with Crippen LogP contribution in [0.15, 0.2) is 21.9 Å². The number of aliphatic hydroxyl groups is 2. The molecule has 2 rings (SSSR count). The number of carbonyl (C=O) groups excluding carboxylic acids is 2. The number of aliphatic hydroxyl groups excluding tert-OH is 2. The van der Waals surface area contributed by atoms with Crippen molar-refractivity contribution in [2.45, 2.75) is 50.2 Å². The smallest absolute Gasteiger partial charge is 0.330 e. The molecule has 1 saturated heterocycles. The molecular formula is C17H24N2O9. The van der Waals surface area contributed by atoms with Gasteiger partial charge in [-0.1, -0.05) is 0 Å². The van der Waals surface area contributed by atoms with E-state index in [0.29, 0.717) is 6.42 Å². The predicted molar refractivity (Wildman–Crippen MR) is 93.2 cm³/mol. The van der Waals surface area contributed by atoms with Gasteiger partial charge in [-0.15, -0.1) is 0 Å². The van der Waals surface area contributed by atoms with Gasteiger partial charge in [-0.3, -0.25) is 23.9 Å². The monoisotopic (exact) mass is 400 g/mol. The molecular weight excluding hydrogens is 376 g/mol. The Labute approximate surface area is 159 Å². The second-order valence-electron chi connectivity index (χ2n) is 6.49. The Morgan fingerprint density at radius 1 is 1.25 bits per heavy atom. The highest BCUT2D eigenvalue weighted by atomic mass is 16.6. The summed E-state index contributed by atoms with van der Waals surface area (Å²) in [7, 11) is 2.44. The van der Waals surface area contributed by atoms with Crippen LogP contribution in [-0.2, 0) is 23.8 Å². The number of aromatic nitrogens is 2. The molecule has 0 bridgehead atoms. The minimum atomic E-state index is -1.37. The lowest BCUT2D eigenvalue weighted by Gasteiger charge is -2.17. The van der Waals surface area contributed by atoms with Crippen molar-refractivity contribution in [3.8, 4) is 0 Å². The minimum absolute atomic E-state index is 0.130. The highest BCUT2D eigenvalue weighted by Gasteiger charge is 2.43. The van der Waals surface area contributed by atoms with Gasteiger partial charge in [-0.2, -0.15) is 0 Å². The van der Waals surface area contributed by atoms with Gasteiger partial charge in [-0.25, -0.2) is 4.79 Å². The number of H-pyrrole nitrogens is 1. The Hall–Kier alpha value is -2.50. The molecule has 1 aromatic rings. The SMILES string of the molecule is COC(=O)CC(CCC[C@H]1O[C@@H](n2ccc(=O)[nH]c2=O)[C@H](O)[C@@H]1O)C(=O)OC. The molecule has 1 fully saturated rings. The molecule has 11 heteroatoms. The van der Waals surface area contributed by atoms with Crippen LogP contribution in [0.25, 0.3) is 0 Å². The van der Waals surface area contributed by atoms with E-state index in [9.17, 15) is 29.4 Å². The number of hydrogen-bond acceptors (Lipinski definition) is 9. The molecule has 1 unspecified atom stereocenters. The number of aromatic amines is 1. The Bertz CT molecular complexity index is 802. The summed E-state index contributed by atoms with van der Waals surface area (Å²) in [6.45, 7) is 0. The van der Waals surface area contributed by atoms with Gasteiger partial charge in [0.2, 0.25) is 0 Å². The van der Waals surface area contributed by atoms with Crippen LogP contribution in [0.4, 0.5) is 0 Å². The molecule has 0 aliphatic carbocycles. The van der Waals surface area contributed by atoms with Crippen LogP contribution >= 0.6 is 0 Å². The molecule has 5 atom stereocenters. The van der Waals surface area contributed by atoms with Crippen LogP contribution in [0.3, 0.4) is 0 Å². The lowest BCUT2D eigenvalue weighted by molar-refractivity contribution is -0.152. The van der Waals surface area contributed by atoms with Crippen molar-refractivity contribution < 1.29 is 34.0 Å². The molecule has 0 saturated carbocycles. The second-order valence-corrected chi connectivity index (χ2v) is 6.49. The van der Waals surface area contributed by atoms with E-state index < -0.39 is 53.6 Å². The molecule has 1 aliphatic heterocycles. The molecule has 28 heavy (non-hydrogen) atoms. The molecule has 0 aromatic carbocycles. The maximum atomic E-state index is 11.9. The molecule has 1 aromatic heterocycles. The number of nitrogens with one attached hydrogen (secondary N) is 1. The average Bonchev–Trinajstić information content (AvgIpc) is 2.94. The topological polar surface area (TPSA) is 157 Å². The third kappa shape index (κ3) is 5.06. The van der Waals surface area contributed by atoms with Crippen molar-refractivity contribution in [2.24, 2.45) is 5.92 Å². The lowest BCUT2D eigenvalue weighted by atomic mass is 9.96. The summed E-state index contributed by atoms with van der Waals surface area (Å²) in [5.41, 5.74) is -1.36. The van der Waals surface area contributed by atoms with E-state index in [4.69, 9.17) is 4.74 Å². The standard InChI is InChI=1S/C17H24N2O9/c1-26-12(21)8-9(16(24)27-2)4-3-5-10-13(22)14(23)15(28-10)19-7-6-11(20)18-17(19)25/h6-7,9-10,13-15,22-23H,3-5,8H2,1-2H3,(H,18,20,25)/t9?,10-,13-,14-,15-/m1/s1. The van der Waals surface area contributed by atoms with Gasteiger partial charge >= 0.3 is 17.6 Å². The highest BCUT2D eigenvalue weighted by molar-refractivity contribution is 5.79. The van der Waals surface area contributed by atoms with E-state index in [0.717, 1.165) is 10.6 Å². The number of rotatable bonds is 8. The number of carbonyl (C=O) groups is 2. The molecule has 11 nitrogen and oxygen atoms in total. The summed E-state index contributed by atoms with van der Waals surface area (Å²) in [6.07, 6.45) is -2.61. The van der Waals surface area contributed by atoms with Crippen molar-refractivity contribution >= 4 is 11.9 Å². The number of hydrogen-bond donors (Lipinski definition) is 3. The van der Waals surface area contributed by atoms with Crippen molar-refractivity contribution in [1.82, 2.24) is 9.55 Å². The van der Waals surface area contributed by atoms with E-state index in [1.807, 2.05) is 0 Å². The van der Waals surface area contributed by atoms with Gasteiger partial charge in [-0.05, 0) is 19.3 Å². The average molecular weight is 400 g/mol. The minimum Gasteiger partial charge on any atom is -0.469 e. The van der Waals surface area contributed by atoms with Crippen molar-refractivity contribution in [3.05, 3.63) is 33.1 Å². The molecule has 3 N–H and O–H groups in total. The van der Waals surface area contributed by atoms with E-state index in [1.165, 1.54) is 20.4 Å². The fourth-order valence-electron chi connectivity index (χ4n) is 3.15. The Morgan fingerprint density at radius 3 is 2.57 bits per heavy atom. The molecule has 1 aliphatic rings. The van der Waals surface area contributed by atoms with E-state index in [-0.39, 0.29) is 19.3 Å². The van der Waals surface area contributed by atoms with Gasteiger partial charge in [0.15, 0.2) is 6.23 Å². The number of ether oxygens (including phenoxy) is 3. The Morgan fingerprint density at radius 2 is 1.96 bits per heavy atom. The van der Waals surface area contributed by atoms with Crippen LogP contribution in [0.2, 0.25) is 0 Å². The van der Waals surface area contributed by atoms with E-state index in [1.54, 1.807) is 0 Å². The summed E-state index contributed by atoms with van der Waals surface area (Å²) in [5, 5.41) is 20.4. The first-order valence-electron chi connectivity index (χ1n) is 8.76. The first kappa shape index (κ1) is 21.8. The summed E-state index contributed by atoms with van der Waals surface area (Å²) >= 11 is 0. The maximum Gasteiger partial charge on any atom is 0.330 e. The molecule has 156 valence electrons. The normalized spacial score (nSPS) is 25.3. The summed E-state index contributed by atoms with van der Waals surface area (Å²) < 4.78 is 15.8.